The van der Waals surface area contributed by atoms with Crippen LogP contribution in [0.4, 0.5) is 13.2 Å². The summed E-state index contributed by atoms with van der Waals surface area (Å²) in [6.45, 7) is -0.0369. The number of hydrogen-bond acceptors (Lipinski definition) is 4. The van der Waals surface area contributed by atoms with Crippen LogP contribution < -0.4 is 5.56 Å². The van der Waals surface area contributed by atoms with Gasteiger partial charge in [-0.05, 0) is 24.0 Å². The second kappa shape index (κ2) is 6.07. The number of aromatic nitrogens is 3. The van der Waals surface area contributed by atoms with Crippen molar-refractivity contribution in [3.05, 3.63) is 50.9 Å². The number of nitrogens with zero attached hydrogens (tertiary/aromatic N) is 3. The molecule has 4 nitrogen and oxygen atoms in total. The maximum Gasteiger partial charge on any atom is 0.440 e. The standard InChI is InChI=1S/C12H9ClF3N3OS/c1-21-11-18-17-9(12(14,15)16)10(20)19(11)6-7-2-4-8(13)5-3-7/h2-5H,6H2,1H3. The predicted octanol–water partition coefficient (Wildman–Crippen LogP) is 3.08. The van der Waals surface area contributed by atoms with Crippen molar-refractivity contribution in [1.29, 1.82) is 0 Å². The normalized spacial score (nSPS) is 11.7. The van der Waals surface area contributed by atoms with Crippen LogP contribution in [0, 0.1) is 0 Å². The van der Waals surface area contributed by atoms with E-state index in [9.17, 15) is 18.0 Å². The second-order valence-electron chi connectivity index (χ2n) is 4.05. The number of alkyl halides is 3. The van der Waals surface area contributed by atoms with Crippen molar-refractivity contribution in [2.24, 2.45) is 0 Å². The van der Waals surface area contributed by atoms with Gasteiger partial charge in [-0.25, -0.2) is 0 Å². The third-order valence-corrected chi connectivity index (χ3v) is 3.54. The molecule has 1 aromatic carbocycles. The van der Waals surface area contributed by atoms with Gasteiger partial charge in [0.1, 0.15) is 0 Å². The van der Waals surface area contributed by atoms with Gasteiger partial charge >= 0.3 is 6.18 Å². The first-order valence-corrected chi connectivity index (χ1v) is 7.26. The number of rotatable bonds is 3. The molecule has 0 atom stereocenters. The summed E-state index contributed by atoms with van der Waals surface area (Å²) in [6.07, 6.45) is -3.22. The minimum absolute atomic E-state index is 0.0369. The zero-order valence-corrected chi connectivity index (χ0v) is 12.3. The molecule has 9 heteroatoms. The van der Waals surface area contributed by atoms with E-state index in [1.165, 1.54) is 0 Å². The molecule has 0 aliphatic rings. The highest BCUT2D eigenvalue weighted by Gasteiger charge is 2.37. The summed E-state index contributed by atoms with van der Waals surface area (Å²) in [6, 6.07) is 6.46. The summed E-state index contributed by atoms with van der Waals surface area (Å²) < 4.78 is 39.1. The molecular weight excluding hydrogens is 327 g/mol. The molecule has 0 fully saturated rings. The smallest absolute Gasteiger partial charge is 0.280 e. The fraction of sp³-hybridized carbons (Fsp3) is 0.250. The molecule has 0 radical (unpaired) electrons. The van der Waals surface area contributed by atoms with Crippen LogP contribution in [0.3, 0.4) is 0 Å². The van der Waals surface area contributed by atoms with Crippen LogP contribution in [0.15, 0.2) is 34.2 Å². The monoisotopic (exact) mass is 335 g/mol. The molecule has 0 saturated carbocycles. The van der Waals surface area contributed by atoms with Crippen LogP contribution in [-0.2, 0) is 12.7 Å². The van der Waals surface area contributed by atoms with Gasteiger partial charge in [-0.2, -0.15) is 13.2 Å². The van der Waals surface area contributed by atoms with E-state index in [0.717, 1.165) is 16.3 Å². The Labute approximate surface area is 127 Å². The number of hydrogen-bond donors (Lipinski definition) is 0. The van der Waals surface area contributed by atoms with Gasteiger partial charge in [0.05, 0.1) is 6.54 Å². The average molecular weight is 336 g/mol. The van der Waals surface area contributed by atoms with Gasteiger partial charge in [-0.3, -0.25) is 9.36 Å². The lowest BCUT2D eigenvalue weighted by atomic mass is 10.2. The predicted molar refractivity (Wildman–Crippen MR) is 73.6 cm³/mol. The molecule has 2 rings (SSSR count). The first kappa shape index (κ1) is 15.8. The molecule has 0 saturated heterocycles. The number of benzene rings is 1. The van der Waals surface area contributed by atoms with Crippen molar-refractivity contribution >= 4 is 23.4 Å². The Bertz CT molecular complexity index is 700. The lowest BCUT2D eigenvalue weighted by molar-refractivity contribution is -0.143. The lowest BCUT2D eigenvalue weighted by Crippen LogP contribution is -2.32. The van der Waals surface area contributed by atoms with Crippen molar-refractivity contribution in [1.82, 2.24) is 14.8 Å². The topological polar surface area (TPSA) is 47.8 Å². The molecule has 0 N–H and O–H groups in total. The summed E-state index contributed by atoms with van der Waals surface area (Å²) in [7, 11) is 0. The minimum atomic E-state index is -4.83. The molecular formula is C12H9ClF3N3OS. The van der Waals surface area contributed by atoms with Crippen LogP contribution in [0.5, 0.6) is 0 Å². The average Bonchev–Trinajstić information content (AvgIpc) is 2.41. The summed E-state index contributed by atoms with van der Waals surface area (Å²) in [5.74, 6) is 0. The zero-order valence-electron chi connectivity index (χ0n) is 10.7. The van der Waals surface area contributed by atoms with Gasteiger partial charge in [0.2, 0.25) is 5.69 Å². The van der Waals surface area contributed by atoms with Gasteiger partial charge in [-0.1, -0.05) is 35.5 Å². The fourth-order valence-corrected chi connectivity index (χ4v) is 2.26. The molecule has 112 valence electrons. The summed E-state index contributed by atoms with van der Waals surface area (Å²) in [4.78, 5) is 12.0. The largest absolute Gasteiger partial charge is 0.440 e. The minimum Gasteiger partial charge on any atom is -0.280 e. The Hall–Kier alpha value is -1.54. The van der Waals surface area contributed by atoms with Crippen LogP contribution in [0.25, 0.3) is 0 Å². The molecule has 0 aliphatic heterocycles. The molecule has 2 aromatic rings. The SMILES string of the molecule is CSc1nnc(C(F)(F)F)c(=O)n1Cc1ccc(Cl)cc1. The van der Waals surface area contributed by atoms with Crippen molar-refractivity contribution in [3.8, 4) is 0 Å². The number of halogens is 4. The van der Waals surface area contributed by atoms with Gasteiger partial charge in [0.15, 0.2) is 5.16 Å². The maximum atomic E-state index is 12.7. The number of thioether (sulfide) groups is 1. The van der Waals surface area contributed by atoms with Gasteiger partial charge in [0, 0.05) is 5.02 Å². The van der Waals surface area contributed by atoms with Gasteiger partial charge in [-0.15, -0.1) is 10.2 Å². The highest BCUT2D eigenvalue weighted by atomic mass is 35.5. The summed E-state index contributed by atoms with van der Waals surface area (Å²) in [5, 5.41) is 7.07. The van der Waals surface area contributed by atoms with E-state index >= 15 is 0 Å². The van der Waals surface area contributed by atoms with E-state index < -0.39 is 17.4 Å². The zero-order chi connectivity index (χ0) is 15.6. The summed E-state index contributed by atoms with van der Waals surface area (Å²) in [5.41, 5.74) is -2.09. The third-order valence-electron chi connectivity index (χ3n) is 2.62. The summed E-state index contributed by atoms with van der Waals surface area (Å²) >= 11 is 6.79. The van der Waals surface area contributed by atoms with Crippen LogP contribution >= 0.6 is 23.4 Å². The van der Waals surface area contributed by atoms with E-state index in [-0.39, 0.29) is 11.7 Å². The highest BCUT2D eigenvalue weighted by molar-refractivity contribution is 7.98. The van der Waals surface area contributed by atoms with E-state index in [0.29, 0.717) is 10.6 Å². The molecule has 0 spiro atoms. The molecule has 1 heterocycles. The Balaban J connectivity index is 2.50. The fourth-order valence-electron chi connectivity index (χ4n) is 1.65. The van der Waals surface area contributed by atoms with Crippen LogP contribution in [0.1, 0.15) is 11.3 Å². The van der Waals surface area contributed by atoms with Crippen molar-refractivity contribution in [2.45, 2.75) is 17.9 Å². The van der Waals surface area contributed by atoms with E-state index in [4.69, 9.17) is 11.6 Å². The second-order valence-corrected chi connectivity index (χ2v) is 5.26. The Morgan fingerprint density at radius 3 is 2.38 bits per heavy atom. The Kier molecular flexibility index (Phi) is 4.58. The first-order valence-electron chi connectivity index (χ1n) is 5.66. The first-order chi connectivity index (χ1) is 9.82. The quantitative estimate of drug-likeness (QED) is 0.809. The van der Waals surface area contributed by atoms with E-state index in [2.05, 4.69) is 10.2 Å². The van der Waals surface area contributed by atoms with Gasteiger partial charge in [0.25, 0.3) is 5.56 Å². The molecule has 1 aromatic heterocycles. The lowest BCUT2D eigenvalue weighted by Gasteiger charge is -2.12. The molecule has 0 bridgehead atoms. The molecule has 0 unspecified atom stereocenters. The van der Waals surface area contributed by atoms with Crippen molar-refractivity contribution < 1.29 is 13.2 Å². The molecule has 21 heavy (non-hydrogen) atoms. The third kappa shape index (κ3) is 3.56. The molecule has 0 aliphatic carbocycles. The van der Waals surface area contributed by atoms with Crippen LogP contribution in [0.2, 0.25) is 5.02 Å². The van der Waals surface area contributed by atoms with Gasteiger partial charge < -0.3 is 0 Å². The Morgan fingerprint density at radius 2 is 1.86 bits per heavy atom. The maximum absolute atomic E-state index is 12.7. The van der Waals surface area contributed by atoms with Crippen molar-refractivity contribution in [3.63, 3.8) is 0 Å². The van der Waals surface area contributed by atoms with Crippen LogP contribution in [-0.4, -0.2) is 21.0 Å². The van der Waals surface area contributed by atoms with E-state index in [1.807, 2.05) is 0 Å². The molecule has 0 amide bonds. The highest BCUT2D eigenvalue weighted by Crippen LogP contribution is 2.25. The van der Waals surface area contributed by atoms with E-state index in [1.54, 1.807) is 30.5 Å². The Morgan fingerprint density at radius 1 is 1.24 bits per heavy atom. The van der Waals surface area contributed by atoms with Crippen molar-refractivity contribution in [2.75, 3.05) is 6.26 Å².